The highest BCUT2D eigenvalue weighted by molar-refractivity contribution is 5.91. The van der Waals surface area contributed by atoms with Gasteiger partial charge < -0.3 is 9.73 Å². The molecule has 1 heterocycles. The van der Waals surface area contributed by atoms with Crippen LogP contribution >= 0.6 is 0 Å². The van der Waals surface area contributed by atoms with Crippen molar-refractivity contribution in [1.29, 1.82) is 0 Å². The number of nitrogens with zero attached hydrogens (tertiary/aromatic N) is 1. The first-order valence-electron chi connectivity index (χ1n) is 3.87. The molecule has 13 heavy (non-hydrogen) atoms. The molecule has 68 valence electrons. The summed E-state index contributed by atoms with van der Waals surface area (Å²) in [7, 11) is 0. The van der Waals surface area contributed by atoms with E-state index in [1.165, 1.54) is 12.6 Å². The second-order valence-corrected chi connectivity index (χ2v) is 2.65. The third kappa shape index (κ3) is 2.64. The van der Waals surface area contributed by atoms with Crippen molar-refractivity contribution in [2.24, 2.45) is 0 Å². The Bertz CT molecular complexity index is 311. The molecule has 0 aliphatic heterocycles. The Balaban J connectivity index is 2.48. The first kappa shape index (κ1) is 9.33. The van der Waals surface area contributed by atoms with E-state index in [0.29, 0.717) is 6.42 Å². The smallest absolute Gasteiger partial charge is 0.288 e. The van der Waals surface area contributed by atoms with E-state index in [-0.39, 0.29) is 17.7 Å². The van der Waals surface area contributed by atoms with Crippen LogP contribution in [0.4, 0.5) is 0 Å². The summed E-state index contributed by atoms with van der Waals surface area (Å²) >= 11 is 0. The number of hydrogen-bond acceptors (Lipinski definition) is 3. The Morgan fingerprint density at radius 2 is 2.69 bits per heavy atom. The molecule has 0 aromatic carbocycles. The van der Waals surface area contributed by atoms with Gasteiger partial charge in [0.25, 0.3) is 5.91 Å². The Labute approximate surface area is 76.3 Å². The number of hydrogen-bond donors (Lipinski definition) is 1. The number of terminal acetylenes is 1. The monoisotopic (exact) mass is 178 g/mol. The summed E-state index contributed by atoms with van der Waals surface area (Å²) in [6.07, 6.45) is 8.15. The molecule has 0 bridgehead atoms. The molecule has 1 rings (SSSR count). The molecule has 0 aliphatic rings. The van der Waals surface area contributed by atoms with Crippen LogP contribution in [0.15, 0.2) is 17.0 Å². The first-order valence-corrected chi connectivity index (χ1v) is 3.87. The van der Waals surface area contributed by atoms with E-state index in [1.807, 2.05) is 6.92 Å². The third-order valence-corrected chi connectivity index (χ3v) is 1.46. The minimum absolute atomic E-state index is 0.0531. The maximum atomic E-state index is 11.3. The zero-order valence-corrected chi connectivity index (χ0v) is 7.28. The summed E-state index contributed by atoms with van der Waals surface area (Å²) < 4.78 is 4.80. The topological polar surface area (TPSA) is 55.1 Å². The van der Waals surface area contributed by atoms with Gasteiger partial charge in [-0.25, -0.2) is 4.98 Å². The summed E-state index contributed by atoms with van der Waals surface area (Å²) in [6, 6.07) is -0.0531. The fourth-order valence-corrected chi connectivity index (χ4v) is 0.851. The van der Waals surface area contributed by atoms with Gasteiger partial charge in [0.05, 0.1) is 6.20 Å². The van der Waals surface area contributed by atoms with Crippen LogP contribution in [0, 0.1) is 12.3 Å². The molecule has 0 spiro atoms. The highest BCUT2D eigenvalue weighted by Crippen LogP contribution is 1.97. The second-order valence-electron chi connectivity index (χ2n) is 2.65. The molecule has 1 aromatic rings. The van der Waals surface area contributed by atoms with Crippen LogP contribution in [0.1, 0.15) is 23.9 Å². The zero-order chi connectivity index (χ0) is 9.68. The molecule has 0 saturated heterocycles. The number of carbonyl (C=O) groups is 1. The molecule has 0 radical (unpaired) electrons. The lowest BCUT2D eigenvalue weighted by Gasteiger charge is -2.08. The maximum Gasteiger partial charge on any atom is 0.288 e. The summed E-state index contributed by atoms with van der Waals surface area (Å²) in [4.78, 5) is 14.9. The van der Waals surface area contributed by atoms with Crippen molar-refractivity contribution in [3.05, 3.63) is 18.4 Å². The number of oxazole rings is 1. The average molecular weight is 178 g/mol. The van der Waals surface area contributed by atoms with E-state index in [0.717, 1.165) is 0 Å². The Hall–Kier alpha value is -1.76. The van der Waals surface area contributed by atoms with Gasteiger partial charge in [-0.1, -0.05) is 0 Å². The zero-order valence-electron chi connectivity index (χ0n) is 7.28. The molecule has 0 saturated carbocycles. The SMILES string of the molecule is C#CCC(C)NC(=O)c1cnco1. The van der Waals surface area contributed by atoms with Gasteiger partial charge >= 0.3 is 0 Å². The second kappa shape index (κ2) is 4.31. The molecule has 4 heteroatoms. The van der Waals surface area contributed by atoms with E-state index in [4.69, 9.17) is 10.8 Å². The number of amides is 1. The largest absolute Gasteiger partial charge is 0.438 e. The Morgan fingerprint density at radius 3 is 3.23 bits per heavy atom. The summed E-state index contributed by atoms with van der Waals surface area (Å²) in [5.41, 5.74) is 0. The van der Waals surface area contributed by atoms with E-state index in [1.54, 1.807) is 0 Å². The van der Waals surface area contributed by atoms with E-state index >= 15 is 0 Å². The minimum atomic E-state index is -0.291. The van der Waals surface area contributed by atoms with Gasteiger partial charge in [-0.2, -0.15) is 0 Å². The van der Waals surface area contributed by atoms with Crippen molar-refractivity contribution < 1.29 is 9.21 Å². The third-order valence-electron chi connectivity index (χ3n) is 1.46. The summed E-state index contributed by atoms with van der Waals surface area (Å²) in [5, 5.41) is 2.67. The fourth-order valence-electron chi connectivity index (χ4n) is 0.851. The van der Waals surface area contributed by atoms with Crippen LogP contribution in [-0.2, 0) is 0 Å². The molecule has 4 nitrogen and oxygen atoms in total. The minimum Gasteiger partial charge on any atom is -0.438 e. The van der Waals surface area contributed by atoms with Crippen LogP contribution in [-0.4, -0.2) is 16.9 Å². The van der Waals surface area contributed by atoms with E-state index < -0.39 is 0 Å². The van der Waals surface area contributed by atoms with Crippen LogP contribution in [0.5, 0.6) is 0 Å². The predicted octanol–water partition coefficient (Wildman–Crippen LogP) is 0.816. The normalized spacial score (nSPS) is 11.7. The fraction of sp³-hybridized carbons (Fsp3) is 0.333. The predicted molar refractivity (Wildman–Crippen MR) is 46.9 cm³/mol. The summed E-state index contributed by atoms with van der Waals surface area (Å²) in [6.45, 7) is 1.83. The molecular weight excluding hydrogens is 168 g/mol. The van der Waals surface area contributed by atoms with Gasteiger partial charge in [0.15, 0.2) is 6.39 Å². The van der Waals surface area contributed by atoms with Crippen molar-refractivity contribution in [3.8, 4) is 12.3 Å². The Morgan fingerprint density at radius 1 is 1.92 bits per heavy atom. The molecule has 0 aliphatic carbocycles. The molecule has 1 aromatic heterocycles. The molecule has 1 unspecified atom stereocenters. The van der Waals surface area contributed by atoms with Gasteiger partial charge in [-0.05, 0) is 6.92 Å². The lowest BCUT2D eigenvalue weighted by molar-refractivity contribution is 0.0913. The first-order chi connectivity index (χ1) is 6.24. The lowest BCUT2D eigenvalue weighted by Crippen LogP contribution is -2.31. The standard InChI is InChI=1S/C9H10N2O2/c1-3-4-7(2)11-9(12)8-5-10-6-13-8/h1,5-7H,4H2,2H3,(H,11,12). The average Bonchev–Trinajstić information content (AvgIpc) is 2.55. The van der Waals surface area contributed by atoms with Crippen molar-refractivity contribution in [2.45, 2.75) is 19.4 Å². The van der Waals surface area contributed by atoms with Crippen molar-refractivity contribution in [1.82, 2.24) is 10.3 Å². The van der Waals surface area contributed by atoms with Crippen LogP contribution in [0.2, 0.25) is 0 Å². The number of rotatable bonds is 3. The number of nitrogens with one attached hydrogen (secondary N) is 1. The van der Waals surface area contributed by atoms with Crippen molar-refractivity contribution in [3.63, 3.8) is 0 Å². The van der Waals surface area contributed by atoms with Gasteiger partial charge in [0, 0.05) is 12.5 Å². The van der Waals surface area contributed by atoms with Gasteiger partial charge in [0.1, 0.15) is 0 Å². The number of aromatic nitrogens is 1. The van der Waals surface area contributed by atoms with Crippen LogP contribution in [0.3, 0.4) is 0 Å². The molecule has 0 fully saturated rings. The lowest BCUT2D eigenvalue weighted by atomic mass is 10.2. The molecule has 1 atom stereocenters. The quantitative estimate of drug-likeness (QED) is 0.697. The number of carbonyl (C=O) groups excluding carboxylic acids is 1. The van der Waals surface area contributed by atoms with Crippen molar-refractivity contribution >= 4 is 5.91 Å². The van der Waals surface area contributed by atoms with Gasteiger partial charge in [0.2, 0.25) is 5.76 Å². The van der Waals surface area contributed by atoms with E-state index in [2.05, 4.69) is 16.2 Å². The highest BCUT2D eigenvalue weighted by atomic mass is 16.3. The Kier molecular flexibility index (Phi) is 3.09. The molecule has 1 amide bonds. The maximum absolute atomic E-state index is 11.3. The summed E-state index contributed by atoms with van der Waals surface area (Å²) in [5.74, 6) is 2.36. The van der Waals surface area contributed by atoms with E-state index in [9.17, 15) is 4.79 Å². The van der Waals surface area contributed by atoms with Crippen LogP contribution in [0.25, 0.3) is 0 Å². The highest BCUT2D eigenvalue weighted by Gasteiger charge is 2.11. The molecular formula is C9H10N2O2. The van der Waals surface area contributed by atoms with Crippen molar-refractivity contribution in [2.75, 3.05) is 0 Å². The van der Waals surface area contributed by atoms with Crippen LogP contribution < -0.4 is 5.32 Å². The van der Waals surface area contributed by atoms with Gasteiger partial charge in [-0.3, -0.25) is 4.79 Å². The molecule has 1 N–H and O–H groups in total. The van der Waals surface area contributed by atoms with Gasteiger partial charge in [-0.15, -0.1) is 12.3 Å².